The molecule has 0 aliphatic carbocycles. The Bertz CT molecular complexity index is 378. The summed E-state index contributed by atoms with van der Waals surface area (Å²) in [5, 5.41) is 0. The van der Waals surface area contributed by atoms with Crippen molar-refractivity contribution in [3.63, 3.8) is 0 Å². The van der Waals surface area contributed by atoms with Gasteiger partial charge in [-0.1, -0.05) is 32.4 Å². The summed E-state index contributed by atoms with van der Waals surface area (Å²) < 4.78 is 0. The largest absolute Gasteiger partial charge is 0.339 e. The van der Waals surface area contributed by atoms with Gasteiger partial charge in [0.15, 0.2) is 0 Å². The minimum Gasteiger partial charge on any atom is -0.339 e. The van der Waals surface area contributed by atoms with E-state index in [0.29, 0.717) is 12.5 Å². The van der Waals surface area contributed by atoms with Crippen molar-refractivity contribution < 1.29 is 4.79 Å². The molecule has 1 aromatic carbocycles. The van der Waals surface area contributed by atoms with E-state index in [1.807, 2.05) is 36.1 Å². The molecule has 0 saturated carbocycles. The van der Waals surface area contributed by atoms with E-state index in [-0.39, 0.29) is 18.3 Å². The van der Waals surface area contributed by atoms with Crippen LogP contribution in [-0.4, -0.2) is 23.9 Å². The highest BCUT2D eigenvalue weighted by atomic mass is 35.5. The van der Waals surface area contributed by atoms with Gasteiger partial charge in [-0.25, -0.2) is 0 Å². The third-order valence-corrected chi connectivity index (χ3v) is 3.33. The predicted octanol–water partition coefficient (Wildman–Crippen LogP) is 3.08. The Morgan fingerprint density at radius 3 is 2.26 bits per heavy atom. The quantitative estimate of drug-likeness (QED) is 0.873. The fraction of sp³-hybridized carbons (Fsp3) is 0.533. The van der Waals surface area contributed by atoms with Gasteiger partial charge in [0.25, 0.3) is 5.91 Å². The second-order valence-corrected chi connectivity index (χ2v) is 4.76. The third-order valence-electron chi connectivity index (χ3n) is 3.33. The molecule has 19 heavy (non-hydrogen) atoms. The summed E-state index contributed by atoms with van der Waals surface area (Å²) in [5.74, 6) is 0.651. The first-order chi connectivity index (χ1) is 8.62. The van der Waals surface area contributed by atoms with Gasteiger partial charge in [0, 0.05) is 25.2 Å². The molecule has 0 heterocycles. The van der Waals surface area contributed by atoms with Crippen molar-refractivity contribution >= 4 is 18.3 Å². The van der Waals surface area contributed by atoms with Crippen LogP contribution in [0.3, 0.4) is 0 Å². The van der Waals surface area contributed by atoms with Crippen molar-refractivity contribution in [1.82, 2.24) is 4.90 Å². The van der Waals surface area contributed by atoms with Gasteiger partial charge >= 0.3 is 0 Å². The minimum atomic E-state index is 0. The summed E-state index contributed by atoms with van der Waals surface area (Å²) >= 11 is 0. The van der Waals surface area contributed by atoms with E-state index < -0.39 is 0 Å². The highest BCUT2D eigenvalue weighted by Gasteiger charge is 2.15. The van der Waals surface area contributed by atoms with Crippen LogP contribution in [-0.2, 0) is 6.54 Å². The SMILES string of the molecule is CCC(C)CN(CC)C(=O)c1ccc(CN)cc1.Cl. The lowest BCUT2D eigenvalue weighted by atomic mass is 10.1. The zero-order chi connectivity index (χ0) is 13.5. The summed E-state index contributed by atoms with van der Waals surface area (Å²) in [6.07, 6.45) is 1.09. The van der Waals surface area contributed by atoms with Crippen LogP contribution in [0.2, 0.25) is 0 Å². The van der Waals surface area contributed by atoms with Crippen molar-refractivity contribution in [3.05, 3.63) is 35.4 Å². The lowest BCUT2D eigenvalue weighted by Gasteiger charge is -2.24. The number of carbonyl (C=O) groups excluding carboxylic acids is 1. The molecular weight excluding hydrogens is 260 g/mol. The molecule has 4 heteroatoms. The van der Waals surface area contributed by atoms with Crippen LogP contribution in [0.5, 0.6) is 0 Å². The number of halogens is 1. The second kappa shape index (κ2) is 8.94. The molecule has 1 atom stereocenters. The van der Waals surface area contributed by atoms with Gasteiger partial charge in [-0.3, -0.25) is 4.79 Å². The maximum Gasteiger partial charge on any atom is 0.253 e. The van der Waals surface area contributed by atoms with Crippen molar-refractivity contribution in [1.29, 1.82) is 0 Å². The van der Waals surface area contributed by atoms with Crippen molar-refractivity contribution in [3.8, 4) is 0 Å². The molecule has 1 aromatic rings. The first-order valence-electron chi connectivity index (χ1n) is 6.70. The van der Waals surface area contributed by atoms with Gasteiger partial charge < -0.3 is 10.6 Å². The van der Waals surface area contributed by atoms with Crippen LogP contribution in [0.1, 0.15) is 43.1 Å². The average Bonchev–Trinajstić information content (AvgIpc) is 2.43. The van der Waals surface area contributed by atoms with E-state index in [9.17, 15) is 4.79 Å². The molecule has 0 fully saturated rings. The van der Waals surface area contributed by atoms with Crippen LogP contribution in [0.25, 0.3) is 0 Å². The van der Waals surface area contributed by atoms with Crippen molar-refractivity contribution in [2.45, 2.75) is 33.7 Å². The molecule has 0 aliphatic heterocycles. The van der Waals surface area contributed by atoms with E-state index in [0.717, 1.165) is 30.6 Å². The van der Waals surface area contributed by atoms with Crippen LogP contribution in [0, 0.1) is 5.92 Å². The molecular formula is C15H25ClN2O. The van der Waals surface area contributed by atoms with Gasteiger partial charge in [0.05, 0.1) is 0 Å². The van der Waals surface area contributed by atoms with Crippen LogP contribution in [0.15, 0.2) is 24.3 Å². The first-order valence-corrected chi connectivity index (χ1v) is 6.70. The van der Waals surface area contributed by atoms with E-state index in [4.69, 9.17) is 5.73 Å². The Kier molecular flexibility index (Phi) is 8.44. The van der Waals surface area contributed by atoms with E-state index in [1.165, 1.54) is 0 Å². The summed E-state index contributed by atoms with van der Waals surface area (Å²) in [6, 6.07) is 7.57. The lowest BCUT2D eigenvalue weighted by Crippen LogP contribution is -2.34. The Balaban J connectivity index is 0.00000324. The molecule has 1 unspecified atom stereocenters. The van der Waals surface area contributed by atoms with Gasteiger partial charge in [0.2, 0.25) is 0 Å². The number of hydrogen-bond acceptors (Lipinski definition) is 2. The van der Waals surface area contributed by atoms with Gasteiger partial charge in [-0.2, -0.15) is 0 Å². The Morgan fingerprint density at radius 2 is 1.84 bits per heavy atom. The van der Waals surface area contributed by atoms with Crippen molar-refractivity contribution in [2.24, 2.45) is 11.7 Å². The standard InChI is InChI=1S/C15H24N2O.ClH/c1-4-12(3)11-17(5-2)15(18)14-8-6-13(10-16)7-9-14;/h6-9,12H,4-5,10-11,16H2,1-3H3;1H. The van der Waals surface area contributed by atoms with Crippen molar-refractivity contribution in [2.75, 3.05) is 13.1 Å². The number of nitrogens with zero attached hydrogens (tertiary/aromatic N) is 1. The van der Waals surface area contributed by atoms with Gasteiger partial charge in [-0.05, 0) is 30.5 Å². The highest BCUT2D eigenvalue weighted by Crippen LogP contribution is 2.11. The fourth-order valence-electron chi connectivity index (χ4n) is 1.83. The lowest BCUT2D eigenvalue weighted by molar-refractivity contribution is 0.0741. The summed E-state index contributed by atoms with van der Waals surface area (Å²) in [5.41, 5.74) is 7.35. The number of amides is 1. The molecule has 108 valence electrons. The minimum absolute atomic E-state index is 0. The number of rotatable bonds is 6. The maximum absolute atomic E-state index is 12.3. The summed E-state index contributed by atoms with van der Waals surface area (Å²) in [6.45, 7) is 8.44. The second-order valence-electron chi connectivity index (χ2n) is 4.76. The molecule has 0 saturated heterocycles. The van der Waals surface area contributed by atoms with Crippen LogP contribution < -0.4 is 5.73 Å². The highest BCUT2D eigenvalue weighted by molar-refractivity contribution is 5.94. The Labute approximate surface area is 122 Å². The van der Waals surface area contributed by atoms with Crippen LogP contribution >= 0.6 is 12.4 Å². The zero-order valence-electron chi connectivity index (χ0n) is 12.1. The number of benzene rings is 1. The molecule has 1 amide bonds. The average molecular weight is 285 g/mol. The van der Waals surface area contributed by atoms with E-state index >= 15 is 0 Å². The number of carbonyl (C=O) groups is 1. The fourth-order valence-corrected chi connectivity index (χ4v) is 1.83. The molecule has 3 nitrogen and oxygen atoms in total. The smallest absolute Gasteiger partial charge is 0.253 e. The monoisotopic (exact) mass is 284 g/mol. The predicted molar refractivity (Wildman–Crippen MR) is 82.6 cm³/mol. The Morgan fingerprint density at radius 1 is 1.26 bits per heavy atom. The number of nitrogens with two attached hydrogens (primary N) is 1. The molecule has 0 aliphatic rings. The summed E-state index contributed by atoms with van der Waals surface area (Å²) in [4.78, 5) is 14.2. The summed E-state index contributed by atoms with van der Waals surface area (Å²) in [7, 11) is 0. The molecule has 0 bridgehead atoms. The van der Waals surface area contributed by atoms with E-state index in [1.54, 1.807) is 0 Å². The maximum atomic E-state index is 12.3. The third kappa shape index (κ3) is 5.21. The molecule has 2 N–H and O–H groups in total. The molecule has 0 aromatic heterocycles. The number of hydrogen-bond donors (Lipinski definition) is 1. The van der Waals surface area contributed by atoms with Crippen LogP contribution in [0.4, 0.5) is 0 Å². The zero-order valence-corrected chi connectivity index (χ0v) is 12.9. The Hall–Kier alpha value is -1.06. The van der Waals surface area contributed by atoms with Gasteiger partial charge in [-0.15, -0.1) is 12.4 Å². The van der Waals surface area contributed by atoms with Gasteiger partial charge in [0.1, 0.15) is 0 Å². The molecule has 0 spiro atoms. The first kappa shape index (κ1) is 17.9. The molecule has 1 rings (SSSR count). The molecule has 0 radical (unpaired) electrons. The normalized spacial score (nSPS) is 11.6. The van der Waals surface area contributed by atoms with E-state index in [2.05, 4.69) is 13.8 Å². The topological polar surface area (TPSA) is 46.3 Å².